The van der Waals surface area contributed by atoms with Crippen LogP contribution in [0.3, 0.4) is 0 Å². The zero-order valence-electron chi connectivity index (χ0n) is 9.59. The third-order valence-corrected chi connectivity index (χ3v) is 3.76. The molecule has 2 aromatic rings. The van der Waals surface area contributed by atoms with E-state index in [1.807, 2.05) is 31.2 Å². The molecule has 1 aromatic carbocycles. The maximum absolute atomic E-state index is 12.1. The van der Waals surface area contributed by atoms with Crippen LogP contribution in [0, 0.1) is 6.92 Å². The topological polar surface area (TPSA) is 56.0 Å². The van der Waals surface area contributed by atoms with Gasteiger partial charge < -0.3 is 5.73 Å². The number of aromatic nitrogens is 1. The van der Waals surface area contributed by atoms with E-state index < -0.39 is 10.8 Å². The van der Waals surface area contributed by atoms with Crippen LogP contribution in [0.5, 0.6) is 0 Å². The second-order valence-electron chi connectivity index (χ2n) is 3.88. The maximum Gasteiger partial charge on any atom is 0.150 e. The molecule has 0 saturated carbocycles. The van der Waals surface area contributed by atoms with Crippen molar-refractivity contribution >= 4 is 16.5 Å². The zero-order chi connectivity index (χ0) is 12.3. The normalized spacial score (nSPS) is 12.3. The summed E-state index contributed by atoms with van der Waals surface area (Å²) in [7, 11) is -1.19. The number of anilines is 1. The Hall–Kier alpha value is -1.68. The van der Waals surface area contributed by atoms with Crippen LogP contribution in [-0.2, 0) is 16.6 Å². The third kappa shape index (κ3) is 2.91. The second kappa shape index (κ2) is 5.10. The largest absolute Gasteiger partial charge is 0.396 e. The average molecular weight is 246 g/mol. The Morgan fingerprint density at radius 1 is 1.29 bits per heavy atom. The highest BCUT2D eigenvalue weighted by atomic mass is 32.2. The molecule has 0 aliphatic rings. The minimum Gasteiger partial charge on any atom is -0.396 e. The van der Waals surface area contributed by atoms with Crippen LogP contribution in [-0.4, -0.2) is 9.19 Å². The van der Waals surface area contributed by atoms with E-state index in [9.17, 15) is 4.21 Å². The number of rotatable bonds is 3. The summed E-state index contributed by atoms with van der Waals surface area (Å²) in [4.78, 5) is 4.07. The second-order valence-corrected chi connectivity index (χ2v) is 5.24. The van der Waals surface area contributed by atoms with Gasteiger partial charge in [-0.1, -0.05) is 29.8 Å². The lowest BCUT2D eigenvalue weighted by molar-refractivity contribution is 0.680. The van der Waals surface area contributed by atoms with Crippen molar-refractivity contribution in [3.8, 4) is 0 Å². The van der Waals surface area contributed by atoms with Crippen LogP contribution >= 0.6 is 0 Å². The number of pyridine rings is 1. The summed E-state index contributed by atoms with van der Waals surface area (Å²) in [5.41, 5.74) is 8.43. The molecule has 0 radical (unpaired) electrons. The van der Waals surface area contributed by atoms with E-state index in [1.165, 1.54) is 0 Å². The first-order valence-electron chi connectivity index (χ1n) is 5.31. The van der Waals surface area contributed by atoms with Gasteiger partial charge in [0.2, 0.25) is 0 Å². The molecule has 0 aliphatic carbocycles. The van der Waals surface area contributed by atoms with E-state index in [1.54, 1.807) is 18.3 Å². The van der Waals surface area contributed by atoms with Crippen LogP contribution < -0.4 is 5.73 Å². The summed E-state index contributed by atoms with van der Waals surface area (Å²) in [6.07, 6.45) is 1.61. The smallest absolute Gasteiger partial charge is 0.150 e. The number of nitrogen functional groups attached to an aromatic ring is 1. The summed E-state index contributed by atoms with van der Waals surface area (Å²) in [6.45, 7) is 2.02. The van der Waals surface area contributed by atoms with Crippen molar-refractivity contribution in [3.63, 3.8) is 0 Å². The Balaban J connectivity index is 2.20. The summed E-state index contributed by atoms with van der Waals surface area (Å²) in [5, 5.41) is 0.467. The Bertz CT molecular complexity index is 555. The van der Waals surface area contributed by atoms with Gasteiger partial charge in [-0.2, -0.15) is 0 Å². The molecule has 2 N–H and O–H groups in total. The van der Waals surface area contributed by atoms with Crippen molar-refractivity contribution < 1.29 is 4.21 Å². The van der Waals surface area contributed by atoms with Gasteiger partial charge in [-0.3, -0.25) is 4.21 Å². The number of benzene rings is 1. The summed E-state index contributed by atoms with van der Waals surface area (Å²) in [5.74, 6) is 0.447. The minimum absolute atomic E-state index is 0.447. The Morgan fingerprint density at radius 3 is 2.82 bits per heavy atom. The van der Waals surface area contributed by atoms with Crippen molar-refractivity contribution in [3.05, 3.63) is 53.7 Å². The molecule has 0 bridgehead atoms. The minimum atomic E-state index is -1.19. The predicted octanol–water partition coefficient (Wildman–Crippen LogP) is 2.28. The predicted molar refractivity (Wildman–Crippen MR) is 69.9 cm³/mol. The van der Waals surface area contributed by atoms with Crippen molar-refractivity contribution in [1.82, 2.24) is 4.98 Å². The van der Waals surface area contributed by atoms with E-state index in [0.717, 1.165) is 11.1 Å². The van der Waals surface area contributed by atoms with E-state index in [2.05, 4.69) is 4.98 Å². The third-order valence-electron chi connectivity index (χ3n) is 2.40. The molecule has 17 heavy (non-hydrogen) atoms. The monoisotopic (exact) mass is 246 g/mol. The molecule has 0 saturated heterocycles. The van der Waals surface area contributed by atoms with Crippen LogP contribution in [0.25, 0.3) is 0 Å². The Morgan fingerprint density at radius 2 is 2.12 bits per heavy atom. The molecule has 0 fully saturated rings. The number of hydrogen-bond donors (Lipinski definition) is 1. The fourth-order valence-electron chi connectivity index (χ4n) is 1.62. The molecule has 2 rings (SSSR count). The van der Waals surface area contributed by atoms with Crippen molar-refractivity contribution in [2.75, 3.05) is 5.73 Å². The Labute approximate surface area is 103 Å². The van der Waals surface area contributed by atoms with Crippen molar-refractivity contribution in [1.29, 1.82) is 0 Å². The van der Waals surface area contributed by atoms with Crippen LogP contribution in [0.1, 0.15) is 11.1 Å². The number of hydrogen-bond acceptors (Lipinski definition) is 3. The highest BCUT2D eigenvalue weighted by Gasteiger charge is 2.09. The number of nitrogens with two attached hydrogens (primary N) is 1. The number of aryl methyl sites for hydroxylation is 1. The molecule has 88 valence electrons. The van der Waals surface area contributed by atoms with Gasteiger partial charge in [0, 0.05) is 6.20 Å². The maximum atomic E-state index is 12.1. The molecule has 3 nitrogen and oxygen atoms in total. The standard InChI is InChI=1S/C13H14N2OS/c1-10-4-2-5-11(8-10)9-17(16)13-12(14)6-3-7-15-13/h2-8H,9,14H2,1H3. The van der Waals surface area contributed by atoms with Crippen LogP contribution in [0.15, 0.2) is 47.6 Å². The van der Waals surface area contributed by atoms with E-state index in [4.69, 9.17) is 5.73 Å². The van der Waals surface area contributed by atoms with Gasteiger partial charge in [-0.25, -0.2) is 4.98 Å². The molecular formula is C13H14N2OS. The lowest BCUT2D eigenvalue weighted by atomic mass is 10.2. The zero-order valence-corrected chi connectivity index (χ0v) is 10.4. The van der Waals surface area contributed by atoms with Gasteiger partial charge in [0.1, 0.15) is 5.03 Å². The van der Waals surface area contributed by atoms with Crippen molar-refractivity contribution in [2.45, 2.75) is 17.7 Å². The van der Waals surface area contributed by atoms with Gasteiger partial charge in [-0.15, -0.1) is 0 Å². The van der Waals surface area contributed by atoms with Gasteiger partial charge in [-0.05, 0) is 24.6 Å². The Kier molecular flexibility index (Phi) is 3.54. The van der Waals surface area contributed by atoms with Gasteiger partial charge in [0.25, 0.3) is 0 Å². The first kappa shape index (κ1) is 11.8. The molecule has 1 aromatic heterocycles. The summed E-state index contributed by atoms with van der Waals surface area (Å²) < 4.78 is 12.1. The van der Waals surface area contributed by atoms with Gasteiger partial charge >= 0.3 is 0 Å². The molecule has 1 atom stereocenters. The highest BCUT2D eigenvalue weighted by molar-refractivity contribution is 7.84. The molecular weight excluding hydrogens is 232 g/mol. The quantitative estimate of drug-likeness (QED) is 0.904. The SMILES string of the molecule is Cc1cccc(CS(=O)c2ncccc2N)c1. The van der Waals surface area contributed by atoms with Crippen LogP contribution in [0.2, 0.25) is 0 Å². The highest BCUT2D eigenvalue weighted by Crippen LogP contribution is 2.16. The lowest BCUT2D eigenvalue weighted by Gasteiger charge is -2.05. The fourth-order valence-corrected chi connectivity index (χ4v) is 2.74. The molecule has 0 spiro atoms. The first-order valence-corrected chi connectivity index (χ1v) is 6.63. The average Bonchev–Trinajstić information content (AvgIpc) is 2.29. The fraction of sp³-hybridized carbons (Fsp3) is 0.154. The summed E-state index contributed by atoms with van der Waals surface area (Å²) >= 11 is 0. The van der Waals surface area contributed by atoms with E-state index >= 15 is 0 Å². The molecule has 1 unspecified atom stereocenters. The molecule has 0 aliphatic heterocycles. The molecule has 4 heteroatoms. The van der Waals surface area contributed by atoms with Crippen LogP contribution in [0.4, 0.5) is 5.69 Å². The lowest BCUT2D eigenvalue weighted by Crippen LogP contribution is -2.03. The van der Waals surface area contributed by atoms with Gasteiger partial charge in [0.05, 0.1) is 22.2 Å². The molecule has 0 amide bonds. The first-order chi connectivity index (χ1) is 8.16. The van der Waals surface area contributed by atoms with E-state index in [0.29, 0.717) is 16.5 Å². The molecule has 1 heterocycles. The van der Waals surface area contributed by atoms with Gasteiger partial charge in [0.15, 0.2) is 0 Å². The number of nitrogens with zero attached hydrogens (tertiary/aromatic N) is 1. The van der Waals surface area contributed by atoms with Crippen molar-refractivity contribution in [2.24, 2.45) is 0 Å². The van der Waals surface area contributed by atoms with E-state index in [-0.39, 0.29) is 0 Å². The summed E-state index contributed by atoms with van der Waals surface area (Å²) in [6, 6.07) is 11.4.